The number of aromatic nitrogens is 1. The lowest BCUT2D eigenvalue weighted by molar-refractivity contribution is 0.0313. The van der Waals surface area contributed by atoms with E-state index >= 15 is 0 Å². The lowest BCUT2D eigenvalue weighted by Crippen LogP contribution is -2.25. The van der Waals surface area contributed by atoms with E-state index < -0.39 is 12.1 Å². The second kappa shape index (κ2) is 6.91. The van der Waals surface area contributed by atoms with Crippen LogP contribution in [-0.2, 0) is 4.74 Å². The van der Waals surface area contributed by atoms with Gasteiger partial charge in [0.25, 0.3) is 0 Å². The Bertz CT molecular complexity index is 1010. The SMILES string of the molecule is C[C@H](OC(=O)c1cc(=O)c2ccccc2[nH]1)C(=O)c1ccc(Cl)cc1. The van der Waals surface area contributed by atoms with Gasteiger partial charge in [-0.15, -0.1) is 0 Å². The van der Waals surface area contributed by atoms with Crippen LogP contribution >= 0.6 is 11.6 Å². The number of benzene rings is 2. The third kappa shape index (κ3) is 3.61. The van der Waals surface area contributed by atoms with Gasteiger partial charge < -0.3 is 9.72 Å². The van der Waals surface area contributed by atoms with Gasteiger partial charge in [-0.3, -0.25) is 9.59 Å². The summed E-state index contributed by atoms with van der Waals surface area (Å²) in [5.74, 6) is -1.12. The fraction of sp³-hybridized carbons (Fsp3) is 0.105. The van der Waals surface area contributed by atoms with Gasteiger partial charge in [-0.05, 0) is 43.3 Å². The van der Waals surface area contributed by atoms with Crippen LogP contribution in [0, 0.1) is 0 Å². The molecule has 0 saturated carbocycles. The molecule has 25 heavy (non-hydrogen) atoms. The number of nitrogens with one attached hydrogen (secondary N) is 1. The molecule has 0 aliphatic heterocycles. The van der Waals surface area contributed by atoms with Crippen molar-refractivity contribution in [2.24, 2.45) is 0 Å². The number of para-hydroxylation sites is 1. The van der Waals surface area contributed by atoms with Crippen molar-refractivity contribution in [2.45, 2.75) is 13.0 Å². The van der Waals surface area contributed by atoms with Crippen molar-refractivity contribution in [3.63, 3.8) is 0 Å². The Morgan fingerprint density at radius 2 is 1.76 bits per heavy atom. The molecule has 126 valence electrons. The lowest BCUT2D eigenvalue weighted by atomic mass is 10.1. The number of Topliss-reactive ketones (excluding diaryl/α,β-unsaturated/α-hetero) is 1. The van der Waals surface area contributed by atoms with Crippen LogP contribution in [0.4, 0.5) is 0 Å². The van der Waals surface area contributed by atoms with E-state index in [-0.39, 0.29) is 16.9 Å². The number of carbonyl (C=O) groups is 2. The van der Waals surface area contributed by atoms with Crippen molar-refractivity contribution >= 4 is 34.3 Å². The third-order valence-corrected chi connectivity index (χ3v) is 3.99. The Morgan fingerprint density at radius 3 is 2.48 bits per heavy atom. The van der Waals surface area contributed by atoms with E-state index in [0.717, 1.165) is 0 Å². The molecule has 0 aliphatic rings. The fourth-order valence-electron chi connectivity index (χ4n) is 2.43. The first-order chi connectivity index (χ1) is 12.0. The van der Waals surface area contributed by atoms with E-state index in [9.17, 15) is 14.4 Å². The molecule has 0 fully saturated rings. The smallest absolute Gasteiger partial charge is 0.355 e. The maximum Gasteiger partial charge on any atom is 0.355 e. The average molecular weight is 356 g/mol. The number of rotatable bonds is 4. The number of hydrogen-bond donors (Lipinski definition) is 1. The molecule has 3 rings (SSSR count). The summed E-state index contributed by atoms with van der Waals surface area (Å²) >= 11 is 5.79. The van der Waals surface area contributed by atoms with Gasteiger partial charge in [0.15, 0.2) is 11.5 Å². The monoisotopic (exact) mass is 355 g/mol. The quantitative estimate of drug-likeness (QED) is 0.573. The van der Waals surface area contributed by atoms with Gasteiger partial charge in [-0.2, -0.15) is 0 Å². The summed E-state index contributed by atoms with van der Waals surface area (Å²) in [4.78, 5) is 39.5. The molecule has 6 heteroatoms. The fourth-order valence-corrected chi connectivity index (χ4v) is 2.56. The highest BCUT2D eigenvalue weighted by Gasteiger charge is 2.21. The number of H-pyrrole nitrogens is 1. The summed E-state index contributed by atoms with van der Waals surface area (Å²) in [6.45, 7) is 1.48. The van der Waals surface area contributed by atoms with Gasteiger partial charge in [0, 0.05) is 27.6 Å². The topological polar surface area (TPSA) is 76.2 Å². The highest BCUT2D eigenvalue weighted by Crippen LogP contribution is 2.14. The van der Waals surface area contributed by atoms with Crippen molar-refractivity contribution in [3.8, 4) is 0 Å². The van der Waals surface area contributed by atoms with Gasteiger partial charge in [0.2, 0.25) is 5.78 Å². The van der Waals surface area contributed by atoms with Crippen LogP contribution in [-0.4, -0.2) is 22.8 Å². The van der Waals surface area contributed by atoms with Gasteiger partial charge >= 0.3 is 5.97 Å². The molecule has 3 aromatic rings. The Balaban J connectivity index is 1.81. The molecule has 0 aliphatic carbocycles. The second-order valence-electron chi connectivity index (χ2n) is 5.51. The second-order valence-corrected chi connectivity index (χ2v) is 5.95. The molecule has 0 spiro atoms. The van der Waals surface area contributed by atoms with Crippen LogP contribution in [0.5, 0.6) is 0 Å². The van der Waals surface area contributed by atoms with E-state index in [2.05, 4.69) is 4.98 Å². The number of fused-ring (bicyclic) bond motifs is 1. The van der Waals surface area contributed by atoms with Gasteiger partial charge in [-0.1, -0.05) is 23.7 Å². The zero-order valence-electron chi connectivity index (χ0n) is 13.3. The van der Waals surface area contributed by atoms with Gasteiger partial charge in [0.05, 0.1) is 0 Å². The zero-order chi connectivity index (χ0) is 18.0. The molecule has 1 aromatic heterocycles. The number of pyridine rings is 1. The van der Waals surface area contributed by atoms with Crippen LogP contribution in [0.3, 0.4) is 0 Å². The maximum absolute atomic E-state index is 12.3. The predicted octanol–water partition coefficient (Wildman–Crippen LogP) is 3.61. The van der Waals surface area contributed by atoms with E-state index in [1.165, 1.54) is 13.0 Å². The normalized spacial score (nSPS) is 11.9. The van der Waals surface area contributed by atoms with Crippen LogP contribution < -0.4 is 5.43 Å². The first-order valence-electron chi connectivity index (χ1n) is 7.58. The summed E-state index contributed by atoms with van der Waals surface area (Å²) in [6.07, 6.45) is -0.997. The molecule has 0 amide bonds. The maximum atomic E-state index is 12.3. The summed E-state index contributed by atoms with van der Waals surface area (Å²) in [5, 5.41) is 0.985. The van der Waals surface area contributed by atoms with Crippen molar-refractivity contribution in [2.75, 3.05) is 0 Å². The molecule has 1 N–H and O–H groups in total. The van der Waals surface area contributed by atoms with Crippen molar-refractivity contribution < 1.29 is 14.3 Å². The summed E-state index contributed by atoms with van der Waals surface area (Å²) in [5.41, 5.74) is 0.618. The van der Waals surface area contributed by atoms with Crippen molar-refractivity contribution in [1.29, 1.82) is 0 Å². The third-order valence-electron chi connectivity index (χ3n) is 3.74. The first-order valence-corrected chi connectivity index (χ1v) is 7.96. The summed E-state index contributed by atoms with van der Waals surface area (Å²) in [6, 6.07) is 14.3. The highest BCUT2D eigenvalue weighted by atomic mass is 35.5. The molecular formula is C19H14ClNO4. The number of halogens is 1. The predicted molar refractivity (Wildman–Crippen MR) is 95.2 cm³/mol. The molecule has 2 aromatic carbocycles. The number of esters is 1. The number of carbonyl (C=O) groups excluding carboxylic acids is 2. The first kappa shape index (κ1) is 16.9. The molecule has 1 atom stereocenters. The zero-order valence-corrected chi connectivity index (χ0v) is 14.0. The van der Waals surface area contributed by atoms with Crippen LogP contribution in [0.1, 0.15) is 27.8 Å². The number of ketones is 1. The average Bonchev–Trinajstić information content (AvgIpc) is 2.61. The van der Waals surface area contributed by atoms with Gasteiger partial charge in [-0.25, -0.2) is 4.79 Å². The summed E-state index contributed by atoms with van der Waals surface area (Å²) in [7, 11) is 0. The van der Waals surface area contributed by atoms with Gasteiger partial charge in [0.1, 0.15) is 5.69 Å². The standard InChI is InChI=1S/C19H14ClNO4/c1-11(18(23)12-6-8-13(20)9-7-12)25-19(24)16-10-17(22)14-4-2-3-5-15(14)21-16/h2-11H,1H3,(H,21,22)/t11-/m0/s1. The van der Waals surface area contributed by atoms with E-state index in [1.54, 1.807) is 48.5 Å². The Labute approximate surface area is 148 Å². The molecular weight excluding hydrogens is 342 g/mol. The molecule has 0 bridgehead atoms. The van der Waals surface area contributed by atoms with Crippen LogP contribution in [0.2, 0.25) is 5.02 Å². The Morgan fingerprint density at radius 1 is 1.08 bits per heavy atom. The molecule has 5 nitrogen and oxygen atoms in total. The Kier molecular flexibility index (Phi) is 4.67. The highest BCUT2D eigenvalue weighted by molar-refractivity contribution is 6.30. The molecule has 0 radical (unpaired) electrons. The molecule has 1 heterocycles. The number of aromatic amines is 1. The lowest BCUT2D eigenvalue weighted by Gasteiger charge is -2.12. The minimum Gasteiger partial charge on any atom is -0.450 e. The van der Waals surface area contributed by atoms with Crippen LogP contribution in [0.15, 0.2) is 59.4 Å². The van der Waals surface area contributed by atoms with E-state index in [4.69, 9.17) is 16.3 Å². The van der Waals surface area contributed by atoms with Crippen molar-refractivity contribution in [3.05, 3.63) is 81.1 Å². The molecule has 0 saturated heterocycles. The van der Waals surface area contributed by atoms with Crippen LogP contribution in [0.25, 0.3) is 10.9 Å². The van der Waals surface area contributed by atoms with E-state index in [1.807, 2.05) is 0 Å². The Hall–Kier alpha value is -2.92. The number of hydrogen-bond acceptors (Lipinski definition) is 4. The minimum atomic E-state index is -0.997. The summed E-state index contributed by atoms with van der Waals surface area (Å²) < 4.78 is 5.20. The van der Waals surface area contributed by atoms with E-state index in [0.29, 0.717) is 21.5 Å². The minimum absolute atomic E-state index is 0.000504. The van der Waals surface area contributed by atoms with Crippen molar-refractivity contribution in [1.82, 2.24) is 4.98 Å². The largest absolute Gasteiger partial charge is 0.450 e. The number of ether oxygens (including phenoxy) is 1. The molecule has 0 unspecified atom stereocenters.